The van der Waals surface area contributed by atoms with Gasteiger partial charge in [-0.05, 0) is 38.7 Å². The molecule has 3 atom stereocenters. The number of dihydropyridines is 1. The van der Waals surface area contributed by atoms with Gasteiger partial charge in [0.15, 0.2) is 5.78 Å². The normalized spacial score (nSPS) is 24.0. The molecule has 1 N–H and O–H groups in total. The maximum atomic E-state index is 13.5. The molecule has 154 valence electrons. The van der Waals surface area contributed by atoms with Crippen molar-refractivity contribution in [3.8, 4) is 0 Å². The molecule has 0 fully saturated rings. The first-order valence-electron chi connectivity index (χ1n) is 9.86. The third-order valence-electron chi connectivity index (χ3n) is 5.65. The van der Waals surface area contributed by atoms with Gasteiger partial charge >= 0.3 is 11.9 Å². The molecule has 1 heterocycles. The predicted octanol–water partition coefficient (Wildman–Crippen LogP) is 3.17. The van der Waals surface area contributed by atoms with E-state index in [9.17, 15) is 14.4 Å². The number of aryl methyl sites for hydroxylation is 1. The van der Waals surface area contributed by atoms with Gasteiger partial charge in [0.05, 0.1) is 19.3 Å². The summed E-state index contributed by atoms with van der Waals surface area (Å²) in [5.41, 5.74) is 4.19. The van der Waals surface area contributed by atoms with Crippen LogP contribution in [0.4, 0.5) is 0 Å². The Morgan fingerprint density at radius 2 is 1.83 bits per heavy atom. The van der Waals surface area contributed by atoms with E-state index in [1.807, 2.05) is 45.0 Å². The van der Waals surface area contributed by atoms with Gasteiger partial charge in [-0.1, -0.05) is 36.8 Å². The van der Waals surface area contributed by atoms with Crippen LogP contribution in [0.1, 0.15) is 44.2 Å². The first kappa shape index (κ1) is 20.8. The first-order valence-corrected chi connectivity index (χ1v) is 9.86. The second-order valence-electron chi connectivity index (χ2n) is 7.67. The van der Waals surface area contributed by atoms with Crippen LogP contribution in [0.15, 0.2) is 46.8 Å². The zero-order chi connectivity index (χ0) is 21.3. The third-order valence-corrected chi connectivity index (χ3v) is 5.65. The summed E-state index contributed by atoms with van der Waals surface area (Å²) in [6.45, 7) is 7.64. The number of hydrogen-bond donors (Lipinski definition) is 1. The molecular formula is C23H27NO5. The fourth-order valence-electron chi connectivity index (χ4n) is 4.25. The Morgan fingerprint density at radius 3 is 2.41 bits per heavy atom. The summed E-state index contributed by atoms with van der Waals surface area (Å²) >= 11 is 0. The number of methoxy groups -OCH3 is 1. The predicted molar refractivity (Wildman–Crippen MR) is 108 cm³/mol. The molecule has 1 aliphatic carbocycles. The summed E-state index contributed by atoms with van der Waals surface area (Å²) < 4.78 is 10.2. The molecule has 6 nitrogen and oxygen atoms in total. The second-order valence-corrected chi connectivity index (χ2v) is 7.67. The number of carbonyl (C=O) groups excluding carboxylic acids is 3. The fourth-order valence-corrected chi connectivity index (χ4v) is 4.25. The van der Waals surface area contributed by atoms with Crippen molar-refractivity contribution in [2.45, 2.75) is 40.0 Å². The highest BCUT2D eigenvalue weighted by Gasteiger charge is 2.47. The number of nitrogens with one attached hydrogen (secondary N) is 1. The van der Waals surface area contributed by atoms with E-state index in [0.717, 1.165) is 16.8 Å². The minimum absolute atomic E-state index is 0.197. The van der Waals surface area contributed by atoms with Gasteiger partial charge in [0.1, 0.15) is 5.92 Å². The van der Waals surface area contributed by atoms with Crippen molar-refractivity contribution in [3.63, 3.8) is 0 Å². The Kier molecular flexibility index (Phi) is 5.91. The first-order chi connectivity index (χ1) is 13.8. The highest BCUT2D eigenvalue weighted by atomic mass is 16.5. The lowest BCUT2D eigenvalue weighted by Crippen LogP contribution is -2.43. The number of ether oxygens (including phenoxy) is 2. The molecule has 0 bridgehead atoms. The summed E-state index contributed by atoms with van der Waals surface area (Å²) in [7, 11) is 1.29. The van der Waals surface area contributed by atoms with Gasteiger partial charge in [0.25, 0.3) is 0 Å². The number of carbonyl (C=O) groups is 3. The number of allylic oxidation sites excluding steroid dienone is 3. The van der Waals surface area contributed by atoms with Crippen LogP contribution >= 0.6 is 0 Å². The quantitative estimate of drug-likeness (QED) is 0.621. The topological polar surface area (TPSA) is 81.7 Å². The Balaban J connectivity index is 2.18. The molecule has 1 aromatic carbocycles. The van der Waals surface area contributed by atoms with Crippen molar-refractivity contribution in [2.24, 2.45) is 11.8 Å². The number of ketones is 1. The van der Waals surface area contributed by atoms with Gasteiger partial charge in [0.2, 0.25) is 0 Å². The number of rotatable bonds is 4. The lowest BCUT2D eigenvalue weighted by atomic mass is 9.69. The van der Waals surface area contributed by atoms with Crippen molar-refractivity contribution in [1.29, 1.82) is 0 Å². The molecule has 3 rings (SSSR count). The third kappa shape index (κ3) is 3.71. The standard InChI is InChI=1S/C23H27NO5/c1-6-29-23(27)18-14(4)24-16-11-13(3)17(22(26)28-5)21(25)20(16)19(18)15-9-7-12(2)8-10-15/h7-10,13,17,19,24H,6,11H2,1-5H3/t13-,17+,19+/m0/s1. The molecule has 0 unspecified atom stereocenters. The Hall–Kier alpha value is -2.89. The fraction of sp³-hybridized carbons (Fsp3) is 0.435. The van der Waals surface area contributed by atoms with Crippen LogP contribution in [0.3, 0.4) is 0 Å². The van der Waals surface area contributed by atoms with Gasteiger partial charge in [-0.25, -0.2) is 4.79 Å². The van der Waals surface area contributed by atoms with Crippen molar-refractivity contribution in [1.82, 2.24) is 5.32 Å². The molecule has 0 saturated carbocycles. The summed E-state index contributed by atoms with van der Waals surface area (Å²) in [6.07, 6.45) is 0.524. The van der Waals surface area contributed by atoms with E-state index in [0.29, 0.717) is 23.3 Å². The van der Waals surface area contributed by atoms with Crippen LogP contribution in [0, 0.1) is 18.8 Å². The molecule has 0 spiro atoms. The van der Waals surface area contributed by atoms with Gasteiger partial charge in [0, 0.05) is 22.9 Å². The molecule has 1 aliphatic heterocycles. The second kappa shape index (κ2) is 8.23. The van der Waals surface area contributed by atoms with E-state index in [1.165, 1.54) is 7.11 Å². The van der Waals surface area contributed by atoms with E-state index in [2.05, 4.69) is 5.32 Å². The maximum Gasteiger partial charge on any atom is 0.336 e. The minimum atomic E-state index is -0.879. The smallest absolute Gasteiger partial charge is 0.336 e. The Bertz CT molecular complexity index is 910. The molecule has 0 amide bonds. The van der Waals surface area contributed by atoms with Gasteiger partial charge in [-0.3, -0.25) is 9.59 Å². The zero-order valence-electron chi connectivity index (χ0n) is 17.5. The molecule has 0 aromatic heterocycles. The average molecular weight is 397 g/mol. The monoisotopic (exact) mass is 397 g/mol. The van der Waals surface area contributed by atoms with Crippen LogP contribution in [0.5, 0.6) is 0 Å². The van der Waals surface area contributed by atoms with Crippen LogP contribution in [0.2, 0.25) is 0 Å². The lowest BCUT2D eigenvalue weighted by Gasteiger charge is -2.38. The summed E-state index contributed by atoms with van der Waals surface area (Å²) in [4.78, 5) is 38.7. The van der Waals surface area contributed by atoms with E-state index in [4.69, 9.17) is 9.47 Å². The zero-order valence-corrected chi connectivity index (χ0v) is 17.5. The number of Topliss-reactive ketones (excluding diaryl/α,β-unsaturated/α-hetero) is 1. The van der Waals surface area contributed by atoms with Crippen LogP contribution in [-0.2, 0) is 23.9 Å². The number of hydrogen-bond acceptors (Lipinski definition) is 6. The van der Waals surface area contributed by atoms with Crippen LogP contribution < -0.4 is 5.32 Å². The van der Waals surface area contributed by atoms with Crippen molar-refractivity contribution >= 4 is 17.7 Å². The van der Waals surface area contributed by atoms with Gasteiger partial charge in [-0.15, -0.1) is 0 Å². The molecule has 0 saturated heterocycles. The van der Waals surface area contributed by atoms with E-state index in [1.54, 1.807) is 6.92 Å². The summed E-state index contributed by atoms with van der Waals surface area (Å²) in [5, 5.41) is 3.24. The number of benzene rings is 1. The van der Waals surface area contributed by atoms with Crippen molar-refractivity contribution in [3.05, 3.63) is 57.9 Å². The van der Waals surface area contributed by atoms with E-state index < -0.39 is 23.8 Å². The molecule has 2 aliphatic rings. The highest BCUT2D eigenvalue weighted by Crippen LogP contribution is 2.45. The maximum absolute atomic E-state index is 13.5. The highest BCUT2D eigenvalue weighted by molar-refractivity contribution is 6.12. The van der Waals surface area contributed by atoms with Gasteiger partial charge < -0.3 is 14.8 Å². The SMILES string of the molecule is CCOC(=O)C1=C(C)NC2=C(C(=O)[C@H](C(=O)OC)[C@@H](C)C2)[C@@H]1c1ccc(C)cc1. The molecule has 29 heavy (non-hydrogen) atoms. The molecule has 0 radical (unpaired) electrons. The van der Waals surface area contributed by atoms with E-state index in [-0.39, 0.29) is 18.3 Å². The summed E-state index contributed by atoms with van der Waals surface area (Å²) in [5.74, 6) is -2.96. The lowest BCUT2D eigenvalue weighted by molar-refractivity contribution is -0.151. The largest absolute Gasteiger partial charge is 0.468 e. The van der Waals surface area contributed by atoms with E-state index >= 15 is 0 Å². The average Bonchev–Trinajstić information content (AvgIpc) is 2.67. The van der Waals surface area contributed by atoms with Crippen LogP contribution in [-0.4, -0.2) is 31.4 Å². The van der Waals surface area contributed by atoms with Crippen LogP contribution in [0.25, 0.3) is 0 Å². The number of esters is 2. The van der Waals surface area contributed by atoms with Crippen molar-refractivity contribution in [2.75, 3.05) is 13.7 Å². The van der Waals surface area contributed by atoms with Crippen molar-refractivity contribution < 1.29 is 23.9 Å². The minimum Gasteiger partial charge on any atom is -0.468 e. The summed E-state index contributed by atoms with van der Waals surface area (Å²) in [6, 6.07) is 7.73. The molecular weight excluding hydrogens is 370 g/mol. The Labute approximate surface area is 171 Å². The Morgan fingerprint density at radius 1 is 1.17 bits per heavy atom. The van der Waals surface area contributed by atoms with Gasteiger partial charge in [-0.2, -0.15) is 0 Å². The molecule has 6 heteroatoms. The molecule has 1 aromatic rings.